The number of nitrogens with zero attached hydrogens (tertiary/aromatic N) is 2. The molecule has 2 aromatic heterocycles. The summed E-state index contributed by atoms with van der Waals surface area (Å²) in [6.07, 6.45) is 3.40. The van der Waals surface area contributed by atoms with Crippen LogP contribution in [0.15, 0.2) is 67.0 Å². The Kier molecular flexibility index (Phi) is 4.45. The summed E-state index contributed by atoms with van der Waals surface area (Å²) in [7, 11) is 0. The largest absolute Gasteiger partial charge is 0.337 e. The van der Waals surface area contributed by atoms with Crippen LogP contribution in [0, 0.1) is 5.82 Å². The van der Waals surface area contributed by atoms with Crippen molar-refractivity contribution in [1.82, 2.24) is 15.0 Å². The zero-order chi connectivity index (χ0) is 18.1. The van der Waals surface area contributed by atoms with Crippen LogP contribution in [0.3, 0.4) is 0 Å². The van der Waals surface area contributed by atoms with Crippen molar-refractivity contribution < 1.29 is 4.39 Å². The maximum atomic E-state index is 13.3. The van der Waals surface area contributed by atoms with Gasteiger partial charge < -0.3 is 4.98 Å². The summed E-state index contributed by atoms with van der Waals surface area (Å²) >= 11 is 12.7. The lowest BCUT2D eigenvalue weighted by molar-refractivity contribution is 0.628. The van der Waals surface area contributed by atoms with Crippen LogP contribution in [0.1, 0.15) is 0 Å². The molecule has 0 spiro atoms. The number of rotatable bonds is 3. The van der Waals surface area contributed by atoms with E-state index in [2.05, 4.69) is 9.97 Å². The molecule has 26 heavy (non-hydrogen) atoms. The lowest BCUT2D eigenvalue weighted by Crippen LogP contribution is -1.84. The number of imidazole rings is 1. The van der Waals surface area contributed by atoms with Gasteiger partial charge in [-0.25, -0.2) is 9.37 Å². The van der Waals surface area contributed by atoms with E-state index in [0.29, 0.717) is 27.1 Å². The maximum absolute atomic E-state index is 13.3. The van der Waals surface area contributed by atoms with Crippen LogP contribution in [0.5, 0.6) is 0 Å². The average Bonchev–Trinajstić information content (AvgIpc) is 3.08. The smallest absolute Gasteiger partial charge is 0.141 e. The SMILES string of the molecule is Fc1ccc(-c2nc(-c3c(Cl)cccc3Cl)[nH]c2-c2ccncc2)cc1. The highest BCUT2D eigenvalue weighted by molar-refractivity contribution is 6.39. The second-order valence-electron chi connectivity index (χ2n) is 5.65. The van der Waals surface area contributed by atoms with Gasteiger partial charge in [-0.1, -0.05) is 29.3 Å². The van der Waals surface area contributed by atoms with Crippen LogP contribution in [0.4, 0.5) is 4.39 Å². The quantitative estimate of drug-likeness (QED) is 0.454. The molecule has 0 aliphatic carbocycles. The molecule has 0 aliphatic rings. The lowest BCUT2D eigenvalue weighted by Gasteiger charge is -2.03. The van der Waals surface area contributed by atoms with Gasteiger partial charge in [0, 0.05) is 23.5 Å². The molecule has 1 N–H and O–H groups in total. The normalized spacial score (nSPS) is 10.9. The number of aromatic amines is 1. The molecule has 128 valence electrons. The van der Waals surface area contributed by atoms with Gasteiger partial charge in [0.05, 0.1) is 27.0 Å². The Labute approximate surface area is 159 Å². The van der Waals surface area contributed by atoms with Crippen molar-refractivity contribution in [3.8, 4) is 33.9 Å². The van der Waals surface area contributed by atoms with Gasteiger partial charge >= 0.3 is 0 Å². The zero-order valence-electron chi connectivity index (χ0n) is 13.4. The van der Waals surface area contributed by atoms with Gasteiger partial charge in [0.25, 0.3) is 0 Å². The first-order valence-corrected chi connectivity index (χ1v) is 8.60. The highest BCUT2D eigenvalue weighted by atomic mass is 35.5. The third-order valence-electron chi connectivity index (χ3n) is 3.99. The van der Waals surface area contributed by atoms with Crippen LogP contribution >= 0.6 is 23.2 Å². The van der Waals surface area contributed by atoms with Crippen molar-refractivity contribution in [3.05, 3.63) is 82.9 Å². The minimum Gasteiger partial charge on any atom is -0.337 e. The van der Waals surface area contributed by atoms with Gasteiger partial charge in [0.2, 0.25) is 0 Å². The molecule has 0 saturated carbocycles. The number of nitrogens with one attached hydrogen (secondary N) is 1. The molecule has 2 heterocycles. The molecule has 4 aromatic rings. The van der Waals surface area contributed by atoms with Gasteiger partial charge in [-0.15, -0.1) is 0 Å². The van der Waals surface area contributed by atoms with E-state index in [1.54, 1.807) is 42.7 Å². The fraction of sp³-hybridized carbons (Fsp3) is 0. The van der Waals surface area contributed by atoms with E-state index in [9.17, 15) is 4.39 Å². The first kappa shape index (κ1) is 16.8. The third kappa shape index (κ3) is 3.09. The highest BCUT2D eigenvalue weighted by Gasteiger charge is 2.18. The number of H-pyrrole nitrogens is 1. The Balaban J connectivity index is 1.95. The van der Waals surface area contributed by atoms with Crippen molar-refractivity contribution in [3.63, 3.8) is 0 Å². The van der Waals surface area contributed by atoms with Crippen LogP contribution < -0.4 is 0 Å². The third-order valence-corrected chi connectivity index (χ3v) is 4.62. The standard InChI is InChI=1S/C20H12Cl2FN3/c21-15-2-1-3-16(22)17(15)20-25-18(12-4-6-14(23)7-5-12)19(26-20)13-8-10-24-11-9-13/h1-11H,(H,25,26). The molecule has 3 nitrogen and oxygen atoms in total. The summed E-state index contributed by atoms with van der Waals surface area (Å²) in [5.41, 5.74) is 3.77. The molecule has 6 heteroatoms. The van der Waals surface area contributed by atoms with Crippen molar-refractivity contribution in [2.75, 3.05) is 0 Å². The summed E-state index contributed by atoms with van der Waals surface area (Å²) in [6.45, 7) is 0. The fourth-order valence-corrected chi connectivity index (χ4v) is 3.34. The van der Waals surface area contributed by atoms with Crippen LogP contribution in [0.25, 0.3) is 33.9 Å². The average molecular weight is 384 g/mol. The molecule has 0 aliphatic heterocycles. The van der Waals surface area contributed by atoms with E-state index < -0.39 is 0 Å². The molecular weight excluding hydrogens is 372 g/mol. The second kappa shape index (κ2) is 6.90. The summed E-state index contributed by atoms with van der Waals surface area (Å²) in [6, 6.07) is 15.2. The molecule has 2 aromatic carbocycles. The fourth-order valence-electron chi connectivity index (χ4n) is 2.76. The highest BCUT2D eigenvalue weighted by Crippen LogP contribution is 2.37. The van der Waals surface area contributed by atoms with Gasteiger partial charge in [-0.05, 0) is 48.5 Å². The Morgan fingerprint density at radius 1 is 0.808 bits per heavy atom. The number of hydrogen-bond donors (Lipinski definition) is 1. The van der Waals surface area contributed by atoms with E-state index in [4.69, 9.17) is 28.2 Å². The van der Waals surface area contributed by atoms with Crippen molar-refractivity contribution >= 4 is 23.2 Å². The summed E-state index contributed by atoms with van der Waals surface area (Å²) in [5.74, 6) is 0.246. The number of hydrogen-bond acceptors (Lipinski definition) is 2. The molecule has 0 radical (unpaired) electrons. The Bertz CT molecular complexity index is 1040. The molecule has 0 saturated heterocycles. The number of aromatic nitrogens is 3. The molecule has 4 rings (SSSR count). The summed E-state index contributed by atoms with van der Waals surface area (Å²) in [5, 5.41) is 0.997. The molecular formula is C20H12Cl2FN3. The molecule has 0 bridgehead atoms. The van der Waals surface area contributed by atoms with E-state index in [0.717, 1.165) is 16.8 Å². The summed E-state index contributed by atoms with van der Waals surface area (Å²) in [4.78, 5) is 12.1. The minimum absolute atomic E-state index is 0.302. The van der Waals surface area contributed by atoms with E-state index in [-0.39, 0.29) is 5.82 Å². The molecule has 0 fully saturated rings. The lowest BCUT2D eigenvalue weighted by atomic mass is 10.1. The van der Waals surface area contributed by atoms with Crippen LogP contribution in [-0.4, -0.2) is 15.0 Å². The van der Waals surface area contributed by atoms with Crippen LogP contribution in [0.2, 0.25) is 10.0 Å². The Morgan fingerprint density at radius 2 is 1.46 bits per heavy atom. The van der Waals surface area contributed by atoms with Crippen molar-refractivity contribution in [2.24, 2.45) is 0 Å². The summed E-state index contributed by atoms with van der Waals surface area (Å²) < 4.78 is 13.3. The van der Waals surface area contributed by atoms with E-state index in [1.165, 1.54) is 12.1 Å². The van der Waals surface area contributed by atoms with E-state index in [1.807, 2.05) is 12.1 Å². The van der Waals surface area contributed by atoms with Gasteiger partial charge in [0.1, 0.15) is 11.6 Å². The Morgan fingerprint density at radius 3 is 2.12 bits per heavy atom. The van der Waals surface area contributed by atoms with Crippen LogP contribution in [-0.2, 0) is 0 Å². The molecule has 0 amide bonds. The Hall–Kier alpha value is -2.69. The topological polar surface area (TPSA) is 41.6 Å². The van der Waals surface area contributed by atoms with Gasteiger partial charge in [0.15, 0.2) is 0 Å². The van der Waals surface area contributed by atoms with Crippen molar-refractivity contribution in [1.29, 1.82) is 0 Å². The predicted octanol–water partition coefficient (Wildman–Crippen LogP) is 6.25. The monoisotopic (exact) mass is 383 g/mol. The maximum Gasteiger partial charge on any atom is 0.141 e. The minimum atomic E-state index is -0.302. The van der Waals surface area contributed by atoms with E-state index >= 15 is 0 Å². The second-order valence-corrected chi connectivity index (χ2v) is 6.46. The van der Waals surface area contributed by atoms with Gasteiger partial charge in [-0.2, -0.15) is 0 Å². The number of benzene rings is 2. The molecule has 0 atom stereocenters. The number of pyridine rings is 1. The first-order chi connectivity index (χ1) is 12.6. The predicted molar refractivity (Wildman–Crippen MR) is 103 cm³/mol. The van der Waals surface area contributed by atoms with Crippen molar-refractivity contribution in [2.45, 2.75) is 0 Å². The first-order valence-electron chi connectivity index (χ1n) is 7.84. The zero-order valence-corrected chi connectivity index (χ0v) is 14.9. The number of halogens is 3. The van der Waals surface area contributed by atoms with Gasteiger partial charge in [-0.3, -0.25) is 4.98 Å². The molecule has 0 unspecified atom stereocenters.